The van der Waals surface area contributed by atoms with Crippen molar-refractivity contribution in [3.05, 3.63) is 194 Å². The lowest BCUT2D eigenvalue weighted by Crippen LogP contribution is -2.44. The van der Waals surface area contributed by atoms with E-state index in [-0.39, 0.29) is 38.6 Å². The molecule has 0 aromatic carbocycles. The Balaban J connectivity index is 4.11. The molecule has 0 amide bonds. The first-order chi connectivity index (χ1) is 48.6. The van der Waals surface area contributed by atoms with Crippen molar-refractivity contribution in [2.45, 2.75) is 309 Å². The highest BCUT2D eigenvalue weighted by atomic mass is 16.7. The van der Waals surface area contributed by atoms with Crippen molar-refractivity contribution in [1.29, 1.82) is 0 Å². The quantitative estimate of drug-likeness (QED) is 0.0195. The summed E-state index contributed by atoms with van der Waals surface area (Å²) in [6.45, 7) is 4.49. The van der Waals surface area contributed by atoms with Gasteiger partial charge in [0, 0.05) is 12.8 Å². The molecular formula is C90H145NO8. The Morgan fingerprint density at radius 1 is 0.303 bits per heavy atom. The summed E-state index contributed by atoms with van der Waals surface area (Å²) in [5, 5.41) is 11.9. The van der Waals surface area contributed by atoms with E-state index < -0.39 is 24.3 Å². The highest BCUT2D eigenvalue weighted by molar-refractivity contribution is 5.70. The fourth-order valence-electron chi connectivity index (χ4n) is 10.4. The van der Waals surface area contributed by atoms with Crippen LogP contribution in [0.1, 0.15) is 296 Å². The van der Waals surface area contributed by atoms with Crippen LogP contribution in [0, 0.1) is 0 Å². The topological polar surface area (TPSA) is 111 Å². The average molecular weight is 1370 g/mol. The number of carbonyl (C=O) groups is 3. The summed E-state index contributed by atoms with van der Waals surface area (Å²) in [4.78, 5) is 37.6. The van der Waals surface area contributed by atoms with Gasteiger partial charge in [-0.15, -0.1) is 0 Å². The molecule has 0 aromatic heterocycles. The Morgan fingerprint density at radius 2 is 0.545 bits per heavy atom. The van der Waals surface area contributed by atoms with Crippen molar-refractivity contribution in [2.75, 3.05) is 47.5 Å². The molecule has 9 nitrogen and oxygen atoms in total. The van der Waals surface area contributed by atoms with E-state index >= 15 is 0 Å². The molecule has 0 fully saturated rings. The van der Waals surface area contributed by atoms with Crippen molar-refractivity contribution in [1.82, 2.24) is 0 Å². The van der Waals surface area contributed by atoms with E-state index in [2.05, 4.69) is 208 Å². The third kappa shape index (κ3) is 79.3. The summed E-state index contributed by atoms with van der Waals surface area (Å²) >= 11 is 0. The number of ether oxygens (including phenoxy) is 4. The molecule has 99 heavy (non-hydrogen) atoms. The number of nitrogens with zero attached hydrogens (tertiary/aromatic N) is 1. The van der Waals surface area contributed by atoms with Gasteiger partial charge in [0.05, 0.1) is 40.3 Å². The molecule has 0 N–H and O–H groups in total. The van der Waals surface area contributed by atoms with Gasteiger partial charge < -0.3 is 33.3 Å². The number of hydrogen-bond donors (Lipinski definition) is 0. The minimum Gasteiger partial charge on any atom is -0.545 e. The molecule has 9 heteroatoms. The standard InChI is InChI=1S/C90H145NO8/c1-6-8-10-12-14-16-18-20-22-24-26-28-30-32-34-36-38-40-41-42-43-44-45-46-47-49-50-52-54-56-58-60-62-64-66-68-70-72-74-76-78-80-87(92)97-84-86(85-98-90(89(94)95)96-83-82-91(3,4)5)99-88(93)81-79-77-75-73-71-69-67-65-63-61-59-57-55-53-51-48-39-37-35-33-31-29-27-25-23-21-19-17-15-13-11-9-7-2/h8-11,14-17,20-23,26-29,32-35,38-40,42-43,48,53,55,59,61,65,67,86,90H,6-7,12-13,18-19,24-25,30-31,36-37,41,44-47,49-52,54,56-58,60,62-64,66,68-85H2,1-5H3/b10-8-,11-9-,16-14-,17-15-,22-20-,23-21-,28-26-,29-27-,34-32-,35-33-,40-38-,43-42-,48-39-,55-53-,61-59-,67-65-. The van der Waals surface area contributed by atoms with E-state index in [9.17, 15) is 19.5 Å². The number of rotatable bonds is 71. The molecule has 0 aliphatic rings. The number of carbonyl (C=O) groups excluding carboxylic acids is 3. The zero-order valence-corrected chi connectivity index (χ0v) is 63.8. The van der Waals surface area contributed by atoms with Crippen LogP contribution in [0.3, 0.4) is 0 Å². The van der Waals surface area contributed by atoms with Gasteiger partial charge in [-0.1, -0.05) is 337 Å². The minimum atomic E-state index is -1.64. The molecular weight excluding hydrogens is 1220 g/mol. The molecule has 0 heterocycles. The molecule has 0 aliphatic carbocycles. The summed E-state index contributed by atoms with van der Waals surface area (Å²) in [5.41, 5.74) is 0. The van der Waals surface area contributed by atoms with Crippen LogP contribution in [0.25, 0.3) is 0 Å². The maximum absolute atomic E-state index is 13.0. The summed E-state index contributed by atoms with van der Waals surface area (Å²) in [5.74, 6) is -2.32. The fourth-order valence-corrected chi connectivity index (χ4v) is 10.4. The minimum absolute atomic E-state index is 0.135. The Bertz CT molecular complexity index is 2340. The molecule has 0 radical (unpaired) electrons. The molecule has 2 atom stereocenters. The predicted molar refractivity (Wildman–Crippen MR) is 425 cm³/mol. The van der Waals surface area contributed by atoms with E-state index in [4.69, 9.17) is 18.9 Å². The second kappa shape index (κ2) is 77.9. The Hall–Kier alpha value is -5.87. The van der Waals surface area contributed by atoms with Gasteiger partial charge in [-0.2, -0.15) is 0 Å². The number of carboxylic acids is 1. The van der Waals surface area contributed by atoms with Gasteiger partial charge in [0.1, 0.15) is 13.2 Å². The molecule has 558 valence electrons. The van der Waals surface area contributed by atoms with Gasteiger partial charge >= 0.3 is 11.9 Å². The van der Waals surface area contributed by atoms with Crippen LogP contribution >= 0.6 is 0 Å². The first-order valence-corrected chi connectivity index (χ1v) is 39.6. The maximum Gasteiger partial charge on any atom is 0.306 e. The summed E-state index contributed by atoms with van der Waals surface area (Å²) < 4.78 is 22.8. The smallest absolute Gasteiger partial charge is 0.306 e. The molecule has 0 rings (SSSR count). The lowest BCUT2D eigenvalue weighted by atomic mass is 10.0. The number of aliphatic carboxylic acids is 1. The molecule has 0 saturated carbocycles. The van der Waals surface area contributed by atoms with Crippen molar-refractivity contribution < 1.29 is 42.9 Å². The lowest BCUT2D eigenvalue weighted by Gasteiger charge is -2.26. The van der Waals surface area contributed by atoms with Crippen molar-refractivity contribution >= 4 is 17.9 Å². The van der Waals surface area contributed by atoms with E-state index in [0.29, 0.717) is 17.4 Å². The number of allylic oxidation sites excluding steroid dienone is 32. The van der Waals surface area contributed by atoms with Gasteiger partial charge in [0.2, 0.25) is 0 Å². The van der Waals surface area contributed by atoms with Gasteiger partial charge in [-0.3, -0.25) is 9.59 Å². The molecule has 0 aromatic rings. The number of unbranched alkanes of at least 4 members (excludes halogenated alkanes) is 24. The van der Waals surface area contributed by atoms with E-state index in [0.717, 1.165) is 154 Å². The van der Waals surface area contributed by atoms with Crippen molar-refractivity contribution in [3.63, 3.8) is 0 Å². The number of hydrogen-bond acceptors (Lipinski definition) is 8. The Morgan fingerprint density at radius 3 is 0.808 bits per heavy atom. The fraction of sp³-hybridized carbons (Fsp3) is 0.611. The second-order valence-corrected chi connectivity index (χ2v) is 26.9. The van der Waals surface area contributed by atoms with E-state index in [1.54, 1.807) is 0 Å². The highest BCUT2D eigenvalue weighted by Gasteiger charge is 2.22. The van der Waals surface area contributed by atoms with Crippen LogP contribution in [0.15, 0.2) is 194 Å². The molecule has 0 aliphatic heterocycles. The van der Waals surface area contributed by atoms with Gasteiger partial charge in [-0.05, 0) is 141 Å². The third-order valence-corrected chi connectivity index (χ3v) is 16.3. The number of likely N-dealkylation sites (N-methyl/N-ethyl adjacent to an activating group) is 1. The SMILES string of the molecule is CC/C=C\C/C=C\C/C=C\C/C=C\C/C=C\C/C=C\C/C=C\C/C=C\C/C=C\CCCCCCCC(=O)OC(COC(=O)CCCCCCCCCCCCCCCCCCCCC/C=C\C/C=C\C/C=C\C/C=C\C/C=C\C/C=C\C/C=C\CC)COC(OCC[N+](C)(C)C)C(=O)[O-]. The van der Waals surface area contributed by atoms with Crippen LogP contribution in [0.4, 0.5) is 0 Å². The molecule has 0 bridgehead atoms. The summed E-state index contributed by atoms with van der Waals surface area (Å²) in [6.07, 6.45) is 117. The van der Waals surface area contributed by atoms with E-state index in [1.165, 1.54) is 109 Å². The Labute approximate surface area is 608 Å². The zero-order valence-electron chi connectivity index (χ0n) is 63.8. The second-order valence-electron chi connectivity index (χ2n) is 26.9. The van der Waals surface area contributed by atoms with Gasteiger partial charge in [0.25, 0.3) is 0 Å². The molecule has 0 saturated heterocycles. The monoisotopic (exact) mass is 1370 g/mol. The number of esters is 2. The van der Waals surface area contributed by atoms with Crippen LogP contribution in [-0.4, -0.2) is 82.3 Å². The normalized spacial score (nSPS) is 13.7. The third-order valence-electron chi connectivity index (χ3n) is 16.3. The van der Waals surface area contributed by atoms with Crippen LogP contribution < -0.4 is 5.11 Å². The summed E-state index contributed by atoms with van der Waals surface area (Å²) in [7, 11) is 5.92. The number of quaternary nitrogens is 1. The summed E-state index contributed by atoms with van der Waals surface area (Å²) in [6, 6.07) is 0. The van der Waals surface area contributed by atoms with Gasteiger partial charge in [-0.25, -0.2) is 0 Å². The first kappa shape index (κ1) is 93.1. The van der Waals surface area contributed by atoms with Crippen LogP contribution in [0.2, 0.25) is 0 Å². The van der Waals surface area contributed by atoms with Crippen molar-refractivity contribution in [2.24, 2.45) is 0 Å². The largest absolute Gasteiger partial charge is 0.545 e. The zero-order chi connectivity index (χ0) is 71.8. The Kier molecular flexibility index (Phi) is 73.2. The van der Waals surface area contributed by atoms with E-state index in [1.807, 2.05) is 21.1 Å². The lowest BCUT2D eigenvalue weighted by molar-refractivity contribution is -0.870. The first-order valence-electron chi connectivity index (χ1n) is 39.6. The highest BCUT2D eigenvalue weighted by Crippen LogP contribution is 2.17. The van der Waals surface area contributed by atoms with Crippen molar-refractivity contribution in [3.8, 4) is 0 Å². The number of carboxylic acid groups (broad SMARTS) is 1. The average Bonchev–Trinajstić information content (AvgIpc) is 1.57. The van der Waals surface area contributed by atoms with Crippen LogP contribution in [0.5, 0.6) is 0 Å². The van der Waals surface area contributed by atoms with Crippen LogP contribution in [-0.2, 0) is 33.3 Å². The van der Waals surface area contributed by atoms with Gasteiger partial charge in [0.15, 0.2) is 12.4 Å². The molecule has 2 unspecified atom stereocenters. The predicted octanol–water partition coefficient (Wildman–Crippen LogP) is 24.4. The molecule has 0 spiro atoms. The maximum atomic E-state index is 13.0.